The topological polar surface area (TPSA) is 78.1 Å². The summed E-state index contributed by atoms with van der Waals surface area (Å²) in [6, 6.07) is 3.02. The molecular weight excluding hydrogens is 344 g/mol. The van der Waals surface area contributed by atoms with Crippen molar-refractivity contribution in [3.8, 4) is 17.2 Å². The van der Waals surface area contributed by atoms with Gasteiger partial charge in [0.1, 0.15) is 0 Å². The van der Waals surface area contributed by atoms with Crippen LogP contribution in [-0.2, 0) is 9.53 Å². The number of methoxy groups -OCH3 is 3. The van der Waals surface area contributed by atoms with Crippen LogP contribution in [0.3, 0.4) is 0 Å². The molecule has 8 heteroatoms. The predicted molar refractivity (Wildman–Crippen MR) is 97.0 cm³/mol. The van der Waals surface area contributed by atoms with Crippen molar-refractivity contribution < 1.29 is 23.7 Å². The first-order valence-corrected chi connectivity index (χ1v) is 8.13. The van der Waals surface area contributed by atoms with E-state index in [1.165, 1.54) is 14.2 Å². The van der Waals surface area contributed by atoms with E-state index in [1.54, 1.807) is 33.1 Å². The van der Waals surface area contributed by atoms with E-state index in [0.717, 1.165) is 0 Å². The highest BCUT2D eigenvalue weighted by atomic mass is 32.1. The molecule has 0 bridgehead atoms. The van der Waals surface area contributed by atoms with Gasteiger partial charge in [0.05, 0.1) is 39.6 Å². The normalized spacial score (nSPS) is 16.7. The number of allylic oxidation sites excluding steroid dienone is 1. The second-order valence-electron chi connectivity index (χ2n) is 5.21. The average molecular weight is 366 g/mol. The van der Waals surface area contributed by atoms with E-state index in [9.17, 15) is 4.79 Å². The zero-order valence-corrected chi connectivity index (χ0v) is 15.7. The van der Waals surface area contributed by atoms with Crippen LogP contribution in [0.1, 0.15) is 25.5 Å². The van der Waals surface area contributed by atoms with Gasteiger partial charge in [-0.3, -0.25) is 0 Å². The van der Waals surface area contributed by atoms with Gasteiger partial charge in [0, 0.05) is 11.3 Å². The van der Waals surface area contributed by atoms with Crippen molar-refractivity contribution in [3.05, 3.63) is 29.0 Å². The molecule has 1 atom stereocenters. The molecule has 25 heavy (non-hydrogen) atoms. The summed E-state index contributed by atoms with van der Waals surface area (Å²) in [5.41, 5.74) is 1.75. The maximum atomic E-state index is 12.5. The quantitative estimate of drug-likeness (QED) is 0.585. The molecule has 1 aliphatic heterocycles. The lowest BCUT2D eigenvalue weighted by Gasteiger charge is -2.31. The van der Waals surface area contributed by atoms with Crippen LogP contribution in [0.4, 0.5) is 0 Å². The van der Waals surface area contributed by atoms with Crippen LogP contribution >= 0.6 is 12.2 Å². The number of hydrogen-bond acceptors (Lipinski definition) is 6. The van der Waals surface area contributed by atoms with E-state index in [-0.39, 0.29) is 6.61 Å². The smallest absolute Gasteiger partial charge is 0.338 e. The van der Waals surface area contributed by atoms with E-state index < -0.39 is 12.0 Å². The summed E-state index contributed by atoms with van der Waals surface area (Å²) >= 11 is 5.25. The molecule has 2 rings (SSSR count). The number of hydrogen-bond donors (Lipinski definition) is 2. The number of carbonyl (C=O) groups is 1. The third-order valence-electron chi connectivity index (χ3n) is 3.81. The Labute approximate surface area is 152 Å². The molecule has 1 aliphatic rings. The minimum Gasteiger partial charge on any atom is -0.493 e. The summed E-state index contributed by atoms with van der Waals surface area (Å²) in [6.07, 6.45) is 0. The van der Waals surface area contributed by atoms with Gasteiger partial charge in [0.15, 0.2) is 16.6 Å². The fraction of sp³-hybridized carbons (Fsp3) is 0.412. The molecule has 2 N–H and O–H groups in total. The molecule has 0 amide bonds. The Bertz CT molecular complexity index is 717. The van der Waals surface area contributed by atoms with E-state index in [1.807, 2.05) is 0 Å². The number of carbonyl (C=O) groups excluding carboxylic acids is 1. The van der Waals surface area contributed by atoms with Gasteiger partial charge < -0.3 is 29.6 Å². The van der Waals surface area contributed by atoms with Gasteiger partial charge in [-0.05, 0) is 38.2 Å². The zero-order valence-electron chi connectivity index (χ0n) is 14.9. The minimum atomic E-state index is -0.539. The maximum Gasteiger partial charge on any atom is 0.338 e. The van der Waals surface area contributed by atoms with Crippen LogP contribution in [0.2, 0.25) is 0 Å². The highest BCUT2D eigenvalue weighted by Crippen LogP contribution is 2.44. The van der Waals surface area contributed by atoms with Crippen LogP contribution in [0.15, 0.2) is 23.4 Å². The lowest BCUT2D eigenvalue weighted by atomic mass is 9.94. The monoisotopic (exact) mass is 366 g/mol. The van der Waals surface area contributed by atoms with Gasteiger partial charge in [-0.25, -0.2) is 4.79 Å². The van der Waals surface area contributed by atoms with Crippen molar-refractivity contribution in [2.45, 2.75) is 19.9 Å². The first-order valence-electron chi connectivity index (χ1n) is 7.72. The Morgan fingerprint density at radius 3 is 2.40 bits per heavy atom. The number of esters is 1. The summed E-state index contributed by atoms with van der Waals surface area (Å²) < 4.78 is 21.5. The molecule has 7 nitrogen and oxygen atoms in total. The van der Waals surface area contributed by atoms with Gasteiger partial charge in [-0.1, -0.05) is 0 Å². The molecule has 0 aliphatic carbocycles. The second-order valence-corrected chi connectivity index (χ2v) is 5.62. The fourth-order valence-electron chi connectivity index (χ4n) is 2.76. The van der Waals surface area contributed by atoms with Gasteiger partial charge in [-0.15, -0.1) is 0 Å². The van der Waals surface area contributed by atoms with Crippen LogP contribution in [0.25, 0.3) is 0 Å². The van der Waals surface area contributed by atoms with Crippen LogP contribution in [0.5, 0.6) is 17.2 Å². The van der Waals surface area contributed by atoms with Crippen molar-refractivity contribution in [1.29, 1.82) is 0 Å². The SMILES string of the molecule is CCOC(=O)C1=C(C)NC(=S)N[C@H]1c1ccc(OC)c(OC)c1OC. The summed E-state index contributed by atoms with van der Waals surface area (Å²) in [7, 11) is 4.60. The van der Waals surface area contributed by atoms with Gasteiger partial charge >= 0.3 is 5.97 Å². The zero-order chi connectivity index (χ0) is 18.6. The largest absolute Gasteiger partial charge is 0.493 e. The van der Waals surface area contributed by atoms with Gasteiger partial charge in [0.25, 0.3) is 0 Å². The highest BCUT2D eigenvalue weighted by Gasteiger charge is 2.34. The summed E-state index contributed by atoms with van der Waals surface area (Å²) in [6.45, 7) is 3.81. The molecular formula is C17H22N2O5S. The number of ether oxygens (including phenoxy) is 4. The third kappa shape index (κ3) is 3.63. The van der Waals surface area contributed by atoms with Gasteiger partial charge in [0.2, 0.25) is 5.75 Å². The first-order chi connectivity index (χ1) is 12.0. The molecule has 1 heterocycles. The highest BCUT2D eigenvalue weighted by molar-refractivity contribution is 7.80. The average Bonchev–Trinajstić information content (AvgIpc) is 2.59. The Balaban J connectivity index is 2.63. The van der Waals surface area contributed by atoms with Crippen molar-refractivity contribution in [2.24, 2.45) is 0 Å². The molecule has 0 radical (unpaired) electrons. The Morgan fingerprint density at radius 1 is 1.16 bits per heavy atom. The van der Waals surface area contributed by atoms with Crippen molar-refractivity contribution in [3.63, 3.8) is 0 Å². The molecule has 1 aromatic rings. The molecule has 0 spiro atoms. The predicted octanol–water partition coefficient (Wildman–Crippen LogP) is 2.07. The minimum absolute atomic E-state index is 0.274. The first kappa shape index (κ1) is 18.9. The van der Waals surface area contributed by atoms with Crippen LogP contribution < -0.4 is 24.8 Å². The summed E-state index contributed by atoms with van der Waals surface area (Å²) in [5.74, 6) is 0.996. The molecule has 0 saturated heterocycles. The summed E-state index contributed by atoms with van der Waals surface area (Å²) in [5, 5.41) is 6.47. The van der Waals surface area contributed by atoms with E-state index in [4.69, 9.17) is 31.2 Å². The molecule has 0 unspecified atom stereocenters. The molecule has 0 aromatic heterocycles. The summed E-state index contributed by atoms with van der Waals surface area (Å²) in [4.78, 5) is 12.5. The Hall–Kier alpha value is -2.48. The molecule has 136 valence electrons. The molecule has 0 saturated carbocycles. The van der Waals surface area contributed by atoms with E-state index in [2.05, 4.69) is 10.6 Å². The maximum absolute atomic E-state index is 12.5. The Kier molecular flexibility index (Phi) is 6.08. The van der Waals surface area contributed by atoms with Crippen LogP contribution in [-0.4, -0.2) is 39.0 Å². The van der Waals surface area contributed by atoms with Crippen molar-refractivity contribution in [2.75, 3.05) is 27.9 Å². The van der Waals surface area contributed by atoms with E-state index in [0.29, 0.717) is 39.2 Å². The second kappa shape index (κ2) is 8.06. The lowest BCUT2D eigenvalue weighted by molar-refractivity contribution is -0.139. The van der Waals surface area contributed by atoms with Crippen molar-refractivity contribution in [1.82, 2.24) is 10.6 Å². The van der Waals surface area contributed by atoms with Crippen molar-refractivity contribution >= 4 is 23.3 Å². The van der Waals surface area contributed by atoms with Crippen LogP contribution in [0, 0.1) is 0 Å². The number of rotatable bonds is 6. The lowest BCUT2D eigenvalue weighted by Crippen LogP contribution is -2.45. The standard InChI is InChI=1S/C17H22N2O5S/c1-6-24-16(20)12-9(2)18-17(25)19-13(12)10-7-8-11(21-3)15(23-5)14(10)22-4/h7-8,13H,6H2,1-5H3,(H2,18,19,25)/t13-/m0/s1. The number of thiocarbonyl (C=S) groups is 1. The molecule has 0 fully saturated rings. The number of nitrogens with one attached hydrogen (secondary N) is 2. The number of benzene rings is 1. The molecule has 1 aromatic carbocycles. The van der Waals surface area contributed by atoms with Gasteiger partial charge in [-0.2, -0.15) is 0 Å². The third-order valence-corrected chi connectivity index (χ3v) is 4.03. The Morgan fingerprint density at radius 2 is 1.84 bits per heavy atom. The fourth-order valence-corrected chi connectivity index (χ4v) is 3.03. The van der Waals surface area contributed by atoms with E-state index >= 15 is 0 Å².